The highest BCUT2D eigenvalue weighted by atomic mass is 35.5. The number of ether oxygens (including phenoxy) is 1. The average molecular weight is 478 g/mol. The molecule has 10 heteroatoms. The summed E-state index contributed by atoms with van der Waals surface area (Å²) in [4.78, 5) is 24.6. The zero-order chi connectivity index (χ0) is 23.0. The van der Waals surface area contributed by atoms with Crippen LogP contribution in [0.3, 0.4) is 0 Å². The Bertz CT molecular complexity index is 1180. The van der Waals surface area contributed by atoms with Crippen LogP contribution in [-0.2, 0) is 19.6 Å². The smallest absolute Gasteiger partial charge is 0.265 e. The average Bonchev–Trinajstić information content (AvgIpc) is 2.77. The highest BCUT2D eigenvalue weighted by molar-refractivity contribution is 7.89. The number of nitrogens with zero attached hydrogens (tertiary/aromatic N) is 1. The van der Waals surface area contributed by atoms with Crippen molar-refractivity contribution < 1.29 is 22.7 Å². The first-order valence-electron chi connectivity index (χ1n) is 10.3. The molecule has 8 nitrogen and oxygen atoms in total. The molecule has 0 radical (unpaired) electrons. The van der Waals surface area contributed by atoms with Crippen molar-refractivity contribution in [1.29, 1.82) is 0 Å². The van der Waals surface area contributed by atoms with Crippen LogP contribution in [0.5, 0.6) is 5.75 Å². The van der Waals surface area contributed by atoms with E-state index in [4.69, 9.17) is 16.3 Å². The van der Waals surface area contributed by atoms with Crippen molar-refractivity contribution in [3.8, 4) is 5.75 Å². The number of benzene rings is 2. The lowest BCUT2D eigenvalue weighted by Crippen LogP contribution is -2.41. The summed E-state index contributed by atoms with van der Waals surface area (Å²) in [6, 6.07) is 9.75. The summed E-state index contributed by atoms with van der Waals surface area (Å²) in [6.45, 7) is 3.96. The van der Waals surface area contributed by atoms with Crippen LogP contribution in [0, 0.1) is 12.8 Å². The van der Waals surface area contributed by atoms with Crippen molar-refractivity contribution in [1.82, 2.24) is 4.31 Å². The van der Waals surface area contributed by atoms with E-state index in [9.17, 15) is 18.0 Å². The van der Waals surface area contributed by atoms with Crippen LogP contribution in [-0.4, -0.2) is 43.7 Å². The highest BCUT2D eigenvalue weighted by Gasteiger charge is 2.33. The normalized spacial score (nSPS) is 19.6. The molecule has 0 saturated carbocycles. The number of anilines is 2. The van der Waals surface area contributed by atoms with Crippen molar-refractivity contribution in [3.05, 3.63) is 47.0 Å². The fourth-order valence-electron chi connectivity index (χ4n) is 3.77. The van der Waals surface area contributed by atoms with Gasteiger partial charge in [0.05, 0.1) is 10.6 Å². The molecule has 2 amide bonds. The van der Waals surface area contributed by atoms with E-state index in [1.165, 1.54) is 16.4 Å². The molecule has 0 unspecified atom stereocenters. The summed E-state index contributed by atoms with van der Waals surface area (Å²) in [6.07, 6.45) is 0.186. The van der Waals surface area contributed by atoms with E-state index in [1.807, 2.05) is 13.0 Å². The Balaban J connectivity index is 1.41. The fourth-order valence-corrected chi connectivity index (χ4v) is 5.45. The minimum atomic E-state index is -3.77. The van der Waals surface area contributed by atoms with Crippen molar-refractivity contribution in [2.45, 2.75) is 37.7 Å². The van der Waals surface area contributed by atoms with Gasteiger partial charge in [-0.25, -0.2) is 8.42 Å². The van der Waals surface area contributed by atoms with Crippen LogP contribution in [0.15, 0.2) is 41.3 Å². The van der Waals surface area contributed by atoms with Crippen LogP contribution in [0.4, 0.5) is 11.4 Å². The number of carbonyl (C=O) groups is 2. The van der Waals surface area contributed by atoms with E-state index in [0.29, 0.717) is 35.0 Å². The Morgan fingerprint density at radius 2 is 1.91 bits per heavy atom. The number of hydrogen-bond acceptors (Lipinski definition) is 5. The van der Waals surface area contributed by atoms with Crippen LogP contribution in [0.1, 0.15) is 25.3 Å². The van der Waals surface area contributed by atoms with Gasteiger partial charge in [-0.05, 0) is 62.6 Å². The number of halogens is 1. The van der Waals surface area contributed by atoms with Gasteiger partial charge in [0, 0.05) is 29.7 Å². The van der Waals surface area contributed by atoms with Crippen LogP contribution >= 0.6 is 11.6 Å². The summed E-state index contributed by atoms with van der Waals surface area (Å²) in [5.74, 6) is -0.333. The van der Waals surface area contributed by atoms with Crippen LogP contribution in [0.25, 0.3) is 0 Å². The summed E-state index contributed by atoms with van der Waals surface area (Å²) < 4.78 is 33.1. The topological polar surface area (TPSA) is 105 Å². The maximum Gasteiger partial charge on any atom is 0.265 e. The maximum absolute atomic E-state index is 13.1. The number of rotatable bonds is 4. The zero-order valence-corrected chi connectivity index (χ0v) is 19.3. The van der Waals surface area contributed by atoms with Crippen LogP contribution < -0.4 is 15.4 Å². The molecule has 32 heavy (non-hydrogen) atoms. The van der Waals surface area contributed by atoms with Gasteiger partial charge in [-0.15, -0.1) is 0 Å². The standard InChI is InChI=1S/C22H24ClN3O5S/c1-13-3-4-16(11-18(13)23)24-22(28)15-7-9-26(10-8-15)32(29,30)17-5-6-20-19(12-17)25-21(27)14(2)31-20/h3-6,11-12,14-15H,7-10H2,1-2H3,(H,24,28)(H,25,27)/t14-/m1/s1. The van der Waals surface area contributed by atoms with Gasteiger partial charge in [-0.1, -0.05) is 17.7 Å². The number of amides is 2. The molecule has 1 fully saturated rings. The number of carbonyl (C=O) groups excluding carboxylic acids is 2. The van der Waals surface area contributed by atoms with Crippen molar-refractivity contribution in [3.63, 3.8) is 0 Å². The molecule has 2 aliphatic rings. The van der Waals surface area contributed by atoms with E-state index < -0.39 is 16.1 Å². The summed E-state index contributed by atoms with van der Waals surface area (Å²) in [5, 5.41) is 6.10. The van der Waals surface area contributed by atoms with E-state index in [1.54, 1.807) is 25.1 Å². The van der Waals surface area contributed by atoms with Crippen LogP contribution in [0.2, 0.25) is 5.02 Å². The second-order valence-corrected chi connectivity index (χ2v) is 10.4. The number of sulfonamides is 1. The minimum absolute atomic E-state index is 0.0758. The highest BCUT2D eigenvalue weighted by Crippen LogP contribution is 2.33. The van der Waals surface area contributed by atoms with Gasteiger partial charge >= 0.3 is 0 Å². The molecular formula is C22H24ClN3O5S. The number of nitrogens with one attached hydrogen (secondary N) is 2. The molecule has 0 bridgehead atoms. The summed E-state index contributed by atoms with van der Waals surface area (Å²) >= 11 is 6.11. The monoisotopic (exact) mass is 477 g/mol. The number of aryl methyl sites for hydroxylation is 1. The molecule has 0 aliphatic carbocycles. The van der Waals surface area contributed by atoms with Crippen molar-refractivity contribution in [2.24, 2.45) is 5.92 Å². The number of fused-ring (bicyclic) bond motifs is 1. The van der Waals surface area contributed by atoms with E-state index in [0.717, 1.165) is 5.56 Å². The second-order valence-electron chi connectivity index (χ2n) is 8.04. The Hall–Kier alpha value is -2.62. The Morgan fingerprint density at radius 1 is 1.19 bits per heavy atom. The SMILES string of the molecule is Cc1ccc(NC(=O)C2CCN(S(=O)(=O)c3ccc4c(c3)NC(=O)[C@@H](C)O4)CC2)cc1Cl. The Morgan fingerprint density at radius 3 is 2.59 bits per heavy atom. The second kappa shape index (κ2) is 8.73. The van der Waals surface area contributed by atoms with E-state index >= 15 is 0 Å². The molecule has 2 N–H and O–H groups in total. The molecule has 1 saturated heterocycles. The van der Waals surface area contributed by atoms with Gasteiger partial charge in [0.2, 0.25) is 15.9 Å². The van der Waals surface area contributed by atoms with Gasteiger partial charge in [0.25, 0.3) is 5.91 Å². The Kier molecular flexibility index (Phi) is 6.15. The Labute approximate surface area is 191 Å². The molecule has 2 aromatic rings. The fraction of sp³-hybridized carbons (Fsp3) is 0.364. The first kappa shape index (κ1) is 22.6. The quantitative estimate of drug-likeness (QED) is 0.702. The molecule has 2 aromatic carbocycles. The molecule has 2 heterocycles. The molecule has 2 aliphatic heterocycles. The molecular weight excluding hydrogens is 454 g/mol. The lowest BCUT2D eigenvalue weighted by atomic mass is 9.97. The maximum atomic E-state index is 13.1. The summed E-state index contributed by atoms with van der Waals surface area (Å²) in [7, 11) is -3.77. The van der Waals surface area contributed by atoms with Gasteiger partial charge in [0.1, 0.15) is 5.75 Å². The van der Waals surface area contributed by atoms with E-state index in [2.05, 4.69) is 10.6 Å². The first-order valence-corrected chi connectivity index (χ1v) is 12.2. The third-order valence-corrected chi connectivity index (χ3v) is 8.09. The third-order valence-electron chi connectivity index (χ3n) is 5.78. The molecule has 1 atom stereocenters. The molecule has 0 spiro atoms. The largest absolute Gasteiger partial charge is 0.479 e. The summed E-state index contributed by atoms with van der Waals surface area (Å²) in [5.41, 5.74) is 1.87. The molecule has 4 rings (SSSR count). The predicted octanol–water partition coefficient (Wildman–Crippen LogP) is 3.41. The van der Waals surface area contributed by atoms with Gasteiger partial charge < -0.3 is 15.4 Å². The van der Waals surface area contributed by atoms with E-state index in [-0.39, 0.29) is 35.7 Å². The minimum Gasteiger partial charge on any atom is -0.479 e. The van der Waals surface area contributed by atoms with Gasteiger partial charge in [-0.2, -0.15) is 4.31 Å². The lowest BCUT2D eigenvalue weighted by molar-refractivity contribution is -0.123. The lowest BCUT2D eigenvalue weighted by Gasteiger charge is -2.31. The van der Waals surface area contributed by atoms with Crippen molar-refractivity contribution >= 4 is 44.8 Å². The molecule has 0 aromatic heterocycles. The zero-order valence-electron chi connectivity index (χ0n) is 17.7. The number of hydrogen-bond donors (Lipinski definition) is 2. The van der Waals surface area contributed by atoms with Crippen molar-refractivity contribution in [2.75, 3.05) is 23.7 Å². The van der Waals surface area contributed by atoms with Gasteiger partial charge in [-0.3, -0.25) is 9.59 Å². The first-order chi connectivity index (χ1) is 15.1. The number of piperidine rings is 1. The third kappa shape index (κ3) is 4.46. The molecule has 170 valence electrons. The predicted molar refractivity (Wildman–Crippen MR) is 121 cm³/mol. The van der Waals surface area contributed by atoms with Gasteiger partial charge in [0.15, 0.2) is 6.10 Å².